The summed E-state index contributed by atoms with van der Waals surface area (Å²) in [6, 6.07) is 10.5. The Bertz CT molecular complexity index is 467. The molecule has 120 valence electrons. The van der Waals surface area contributed by atoms with Crippen LogP contribution in [0.25, 0.3) is 0 Å². The zero-order valence-corrected chi connectivity index (χ0v) is 13.2. The van der Waals surface area contributed by atoms with Crippen LogP contribution in [0.2, 0.25) is 0 Å². The van der Waals surface area contributed by atoms with Gasteiger partial charge in [-0.05, 0) is 11.6 Å². The highest BCUT2D eigenvalue weighted by Crippen LogP contribution is 2.09. The first-order valence-corrected chi connectivity index (χ1v) is 7.78. The quantitative estimate of drug-likeness (QED) is 0.587. The number of benzene rings is 1. The Morgan fingerprint density at radius 2 is 1.82 bits per heavy atom. The van der Waals surface area contributed by atoms with Gasteiger partial charge in [-0.3, -0.25) is 9.80 Å². The summed E-state index contributed by atoms with van der Waals surface area (Å²) in [5, 5.41) is 9.99. The highest BCUT2D eigenvalue weighted by Gasteiger charge is 2.19. The summed E-state index contributed by atoms with van der Waals surface area (Å²) < 4.78 is 5.30. The molecule has 1 heterocycles. The smallest absolute Gasteiger partial charge is 0.115 e. The van der Waals surface area contributed by atoms with Gasteiger partial charge in [-0.2, -0.15) is 0 Å². The minimum absolute atomic E-state index is 0.273. The monoisotopic (exact) mass is 302 g/mol. The van der Waals surface area contributed by atoms with Crippen molar-refractivity contribution in [3.63, 3.8) is 0 Å². The van der Waals surface area contributed by atoms with E-state index in [9.17, 15) is 5.11 Å². The van der Waals surface area contributed by atoms with Crippen LogP contribution in [-0.4, -0.2) is 60.3 Å². The van der Waals surface area contributed by atoms with Crippen LogP contribution < -0.4 is 0 Å². The maximum Gasteiger partial charge on any atom is 0.115 e. The van der Waals surface area contributed by atoms with Crippen molar-refractivity contribution in [1.82, 2.24) is 9.80 Å². The van der Waals surface area contributed by atoms with Crippen molar-refractivity contribution in [1.29, 1.82) is 0 Å². The number of aliphatic hydroxyl groups is 1. The number of rotatable bonds is 8. The number of ether oxygens (including phenoxy) is 1. The summed E-state index contributed by atoms with van der Waals surface area (Å²) in [7, 11) is 0. The summed E-state index contributed by atoms with van der Waals surface area (Å²) in [5.41, 5.74) is 1.35. The molecule has 1 aliphatic heterocycles. The lowest BCUT2D eigenvalue weighted by molar-refractivity contribution is 0.0293. The molecule has 0 bridgehead atoms. The van der Waals surface area contributed by atoms with Crippen molar-refractivity contribution < 1.29 is 9.84 Å². The van der Waals surface area contributed by atoms with Crippen LogP contribution in [0.1, 0.15) is 5.56 Å². The van der Waals surface area contributed by atoms with E-state index in [0.29, 0.717) is 12.3 Å². The van der Waals surface area contributed by atoms with Crippen molar-refractivity contribution in [3.05, 3.63) is 60.9 Å². The van der Waals surface area contributed by atoms with E-state index in [1.165, 1.54) is 5.56 Å². The number of nitrogens with zero attached hydrogens (tertiary/aromatic N) is 2. The summed E-state index contributed by atoms with van der Waals surface area (Å²) in [5.74, 6) is 0.506. The third-order valence-corrected chi connectivity index (χ3v) is 3.87. The molecule has 0 aliphatic carbocycles. The number of hydrogen-bond donors (Lipinski definition) is 1. The van der Waals surface area contributed by atoms with Crippen LogP contribution in [0.4, 0.5) is 0 Å². The molecule has 4 nitrogen and oxygen atoms in total. The van der Waals surface area contributed by atoms with E-state index in [2.05, 4.69) is 47.2 Å². The molecule has 0 radical (unpaired) electrons. The van der Waals surface area contributed by atoms with Gasteiger partial charge in [-0.15, -0.1) is 0 Å². The van der Waals surface area contributed by atoms with Crippen LogP contribution in [0.3, 0.4) is 0 Å². The molecule has 0 saturated carbocycles. The van der Waals surface area contributed by atoms with E-state index < -0.39 is 6.10 Å². The van der Waals surface area contributed by atoms with Crippen molar-refractivity contribution >= 4 is 0 Å². The van der Waals surface area contributed by atoms with Crippen LogP contribution in [-0.2, 0) is 11.3 Å². The molecule has 0 spiro atoms. The Kier molecular flexibility index (Phi) is 6.65. The van der Waals surface area contributed by atoms with Gasteiger partial charge < -0.3 is 9.84 Å². The average Bonchev–Trinajstić information content (AvgIpc) is 2.55. The Morgan fingerprint density at radius 1 is 1.18 bits per heavy atom. The van der Waals surface area contributed by atoms with Gasteiger partial charge in [-0.25, -0.2) is 0 Å². The minimum atomic E-state index is -0.489. The maximum atomic E-state index is 9.99. The van der Waals surface area contributed by atoms with Gasteiger partial charge in [0.1, 0.15) is 18.5 Å². The lowest BCUT2D eigenvalue weighted by Crippen LogP contribution is -2.48. The first-order valence-electron chi connectivity index (χ1n) is 7.78. The van der Waals surface area contributed by atoms with Gasteiger partial charge in [0.05, 0.1) is 0 Å². The highest BCUT2D eigenvalue weighted by atomic mass is 16.5. The molecule has 1 N–H and O–H groups in total. The van der Waals surface area contributed by atoms with E-state index in [-0.39, 0.29) is 6.61 Å². The first-order chi connectivity index (χ1) is 10.7. The first kappa shape index (κ1) is 16.7. The second-order valence-electron chi connectivity index (χ2n) is 5.70. The fourth-order valence-corrected chi connectivity index (χ4v) is 2.58. The molecule has 22 heavy (non-hydrogen) atoms. The molecule has 1 saturated heterocycles. The highest BCUT2D eigenvalue weighted by molar-refractivity contribution is 5.14. The Hall–Kier alpha value is -1.62. The van der Waals surface area contributed by atoms with Crippen LogP contribution in [0.15, 0.2) is 55.3 Å². The number of hydrogen-bond acceptors (Lipinski definition) is 4. The van der Waals surface area contributed by atoms with E-state index >= 15 is 0 Å². The average molecular weight is 302 g/mol. The number of piperazine rings is 1. The lowest BCUT2D eigenvalue weighted by Gasteiger charge is -2.35. The van der Waals surface area contributed by atoms with Gasteiger partial charge in [0.15, 0.2) is 0 Å². The van der Waals surface area contributed by atoms with Crippen LogP contribution in [0, 0.1) is 0 Å². The van der Waals surface area contributed by atoms with E-state index in [1.807, 2.05) is 6.07 Å². The largest absolute Gasteiger partial charge is 0.491 e. The molecular formula is C18H26N2O2. The zero-order valence-electron chi connectivity index (χ0n) is 13.2. The maximum absolute atomic E-state index is 9.99. The lowest BCUT2D eigenvalue weighted by atomic mass is 10.2. The predicted octanol–water partition coefficient (Wildman–Crippen LogP) is 1.88. The van der Waals surface area contributed by atoms with E-state index in [1.54, 1.807) is 6.08 Å². The molecule has 2 rings (SSSR count). The third kappa shape index (κ3) is 5.64. The van der Waals surface area contributed by atoms with Gasteiger partial charge >= 0.3 is 0 Å². The van der Waals surface area contributed by atoms with E-state index in [0.717, 1.165) is 32.7 Å². The third-order valence-electron chi connectivity index (χ3n) is 3.87. The zero-order chi connectivity index (χ0) is 15.8. The standard InChI is InChI=1S/C18H26N2O2/c1-3-16(2)22-15-18(21)14-20-11-9-19(10-12-20)13-17-7-5-4-6-8-17/h3-8,18,21H,1-2,9-15H2. The van der Waals surface area contributed by atoms with Gasteiger partial charge in [0.25, 0.3) is 0 Å². The second-order valence-corrected chi connectivity index (χ2v) is 5.70. The van der Waals surface area contributed by atoms with Crippen LogP contribution in [0.5, 0.6) is 0 Å². The van der Waals surface area contributed by atoms with Crippen molar-refractivity contribution in [2.75, 3.05) is 39.3 Å². The summed E-state index contributed by atoms with van der Waals surface area (Å²) in [4.78, 5) is 4.74. The van der Waals surface area contributed by atoms with Crippen molar-refractivity contribution in [3.8, 4) is 0 Å². The molecule has 1 atom stereocenters. The molecule has 1 aliphatic rings. The fourth-order valence-electron chi connectivity index (χ4n) is 2.58. The van der Waals surface area contributed by atoms with Gasteiger partial charge in [-0.1, -0.05) is 43.5 Å². The van der Waals surface area contributed by atoms with E-state index in [4.69, 9.17) is 4.74 Å². The van der Waals surface area contributed by atoms with Gasteiger partial charge in [0.2, 0.25) is 0 Å². The molecule has 1 aromatic carbocycles. The van der Waals surface area contributed by atoms with Crippen molar-refractivity contribution in [2.24, 2.45) is 0 Å². The summed E-state index contributed by atoms with van der Waals surface area (Å²) in [6.07, 6.45) is 1.06. The Morgan fingerprint density at radius 3 is 2.45 bits per heavy atom. The Labute approximate surface area is 133 Å². The number of aliphatic hydroxyl groups excluding tert-OH is 1. The number of β-amino-alcohol motifs (C(OH)–C–C–N with tert-alkyl or cyclic N) is 1. The minimum Gasteiger partial charge on any atom is -0.491 e. The summed E-state index contributed by atoms with van der Waals surface area (Å²) in [6.45, 7) is 13.2. The Balaban J connectivity index is 1.66. The molecule has 0 amide bonds. The normalized spacial score (nSPS) is 17.9. The molecule has 1 unspecified atom stereocenters. The molecule has 1 fully saturated rings. The molecule has 0 aromatic heterocycles. The fraction of sp³-hybridized carbons (Fsp3) is 0.444. The SMILES string of the molecule is C=CC(=C)OCC(O)CN1CCN(Cc2ccccc2)CC1. The molecule has 4 heteroatoms. The van der Waals surface area contributed by atoms with Gasteiger partial charge in [0, 0.05) is 39.3 Å². The predicted molar refractivity (Wildman–Crippen MR) is 89.5 cm³/mol. The number of allylic oxidation sites excluding steroid dienone is 1. The summed E-state index contributed by atoms with van der Waals surface area (Å²) >= 11 is 0. The molecular weight excluding hydrogens is 276 g/mol. The van der Waals surface area contributed by atoms with Crippen LogP contribution >= 0.6 is 0 Å². The molecule has 1 aromatic rings. The topological polar surface area (TPSA) is 35.9 Å². The second kappa shape index (κ2) is 8.73. The van der Waals surface area contributed by atoms with Crippen molar-refractivity contribution in [2.45, 2.75) is 12.6 Å².